The molecule has 1 saturated heterocycles. The molecule has 1 fully saturated rings. The van der Waals surface area contributed by atoms with Gasteiger partial charge in [-0.15, -0.1) is 0 Å². The highest BCUT2D eigenvalue weighted by atomic mass is 16.5. The van der Waals surface area contributed by atoms with Crippen LogP contribution in [0.4, 0.5) is 4.79 Å². The van der Waals surface area contributed by atoms with Crippen molar-refractivity contribution in [2.45, 2.75) is 12.5 Å². The third-order valence-corrected chi connectivity index (χ3v) is 3.14. The van der Waals surface area contributed by atoms with Gasteiger partial charge in [0.25, 0.3) is 5.91 Å². The average Bonchev–Trinajstić information content (AvgIpc) is 2.64. The fourth-order valence-electron chi connectivity index (χ4n) is 2.10. The lowest BCUT2D eigenvalue weighted by Gasteiger charge is -2.25. The van der Waals surface area contributed by atoms with E-state index in [9.17, 15) is 9.59 Å². The molecule has 0 saturated carbocycles. The van der Waals surface area contributed by atoms with Crippen molar-refractivity contribution in [3.8, 4) is 5.75 Å². The Hall–Kier alpha value is -2.08. The van der Waals surface area contributed by atoms with Gasteiger partial charge in [-0.05, 0) is 30.2 Å². The van der Waals surface area contributed by atoms with Crippen molar-refractivity contribution in [3.63, 3.8) is 0 Å². The van der Waals surface area contributed by atoms with E-state index in [1.807, 2.05) is 6.92 Å². The summed E-state index contributed by atoms with van der Waals surface area (Å²) in [5, 5.41) is 4.79. The molecule has 0 radical (unpaired) electrons. The molecule has 0 bridgehead atoms. The lowest BCUT2D eigenvalue weighted by Crippen LogP contribution is -2.49. The summed E-state index contributed by atoms with van der Waals surface area (Å²) in [6.45, 7) is 1.86. The molecular formula is C12H15N3O3. The number of carbonyl (C=O) groups excluding carboxylic acids is 2. The average molecular weight is 249 g/mol. The molecule has 4 N–H and O–H groups in total. The Kier molecular flexibility index (Phi) is 2.96. The van der Waals surface area contributed by atoms with Gasteiger partial charge in [-0.3, -0.25) is 10.1 Å². The Balaban J connectivity index is 2.48. The molecule has 1 aliphatic heterocycles. The number of urea groups is 1. The van der Waals surface area contributed by atoms with E-state index in [1.54, 1.807) is 25.3 Å². The van der Waals surface area contributed by atoms with Crippen LogP contribution in [0.5, 0.6) is 5.75 Å². The fraction of sp³-hybridized carbons (Fsp3) is 0.333. The first-order chi connectivity index (χ1) is 8.53. The van der Waals surface area contributed by atoms with Gasteiger partial charge in [0.15, 0.2) is 5.54 Å². The first-order valence-corrected chi connectivity index (χ1v) is 5.52. The zero-order valence-electron chi connectivity index (χ0n) is 10.2. The number of carbonyl (C=O) groups is 2. The van der Waals surface area contributed by atoms with Crippen molar-refractivity contribution >= 4 is 11.9 Å². The number of benzene rings is 1. The minimum Gasteiger partial charge on any atom is -0.496 e. The Bertz CT molecular complexity index is 515. The summed E-state index contributed by atoms with van der Waals surface area (Å²) in [5.74, 6) is 0.287. The summed E-state index contributed by atoms with van der Waals surface area (Å²) in [4.78, 5) is 23.2. The highest BCUT2D eigenvalue weighted by Crippen LogP contribution is 2.28. The molecular weight excluding hydrogens is 234 g/mol. The van der Waals surface area contributed by atoms with Crippen LogP contribution in [0.25, 0.3) is 0 Å². The first kappa shape index (κ1) is 12.4. The fourth-order valence-corrected chi connectivity index (χ4v) is 2.10. The summed E-state index contributed by atoms with van der Waals surface area (Å²) in [6, 6.07) is 4.74. The predicted molar refractivity (Wildman–Crippen MR) is 65.1 cm³/mol. The van der Waals surface area contributed by atoms with Crippen molar-refractivity contribution in [2.24, 2.45) is 5.73 Å². The van der Waals surface area contributed by atoms with Crippen molar-refractivity contribution < 1.29 is 14.3 Å². The van der Waals surface area contributed by atoms with E-state index >= 15 is 0 Å². The normalized spacial score (nSPS) is 22.6. The maximum absolute atomic E-state index is 11.9. The topological polar surface area (TPSA) is 93.4 Å². The molecule has 0 aliphatic carbocycles. The molecule has 1 atom stereocenters. The van der Waals surface area contributed by atoms with Crippen LogP contribution in [0, 0.1) is 6.92 Å². The summed E-state index contributed by atoms with van der Waals surface area (Å²) in [6.07, 6.45) is 0. The third kappa shape index (κ3) is 1.70. The lowest BCUT2D eigenvalue weighted by atomic mass is 9.89. The Morgan fingerprint density at radius 3 is 2.56 bits per heavy atom. The van der Waals surface area contributed by atoms with Gasteiger partial charge in [0.2, 0.25) is 0 Å². The minimum absolute atomic E-state index is 0.00363. The van der Waals surface area contributed by atoms with Crippen LogP contribution in [0.15, 0.2) is 18.2 Å². The standard InChI is InChI=1S/C12H15N3O3/c1-7-5-8(3-4-9(7)18-2)12(6-13)10(16)14-11(17)15-12/h3-5H,6,13H2,1-2H3,(H2,14,15,16,17). The molecule has 1 aromatic rings. The zero-order chi connectivity index (χ0) is 13.3. The molecule has 0 aromatic heterocycles. The molecule has 6 nitrogen and oxygen atoms in total. The van der Waals surface area contributed by atoms with Crippen molar-refractivity contribution in [3.05, 3.63) is 29.3 Å². The van der Waals surface area contributed by atoms with Crippen molar-refractivity contribution in [1.29, 1.82) is 0 Å². The first-order valence-electron chi connectivity index (χ1n) is 5.52. The summed E-state index contributed by atoms with van der Waals surface area (Å²) < 4.78 is 5.16. The molecule has 3 amide bonds. The van der Waals surface area contributed by atoms with Gasteiger partial charge in [-0.2, -0.15) is 0 Å². The van der Waals surface area contributed by atoms with E-state index in [-0.39, 0.29) is 6.54 Å². The number of hydrogen-bond acceptors (Lipinski definition) is 4. The number of methoxy groups -OCH3 is 1. The Labute approximate surface area is 104 Å². The van der Waals surface area contributed by atoms with Gasteiger partial charge in [-0.25, -0.2) is 4.79 Å². The molecule has 1 unspecified atom stereocenters. The summed E-state index contributed by atoms with van der Waals surface area (Å²) in [7, 11) is 1.57. The van der Waals surface area contributed by atoms with E-state index in [1.165, 1.54) is 0 Å². The van der Waals surface area contributed by atoms with Crippen molar-refractivity contribution in [1.82, 2.24) is 10.6 Å². The molecule has 96 valence electrons. The Morgan fingerprint density at radius 2 is 2.11 bits per heavy atom. The highest BCUT2D eigenvalue weighted by Gasteiger charge is 2.46. The second-order valence-electron chi connectivity index (χ2n) is 4.20. The SMILES string of the molecule is COc1ccc(C2(CN)NC(=O)NC2=O)cc1C. The van der Waals surface area contributed by atoms with Crippen LogP contribution in [0.3, 0.4) is 0 Å². The van der Waals surface area contributed by atoms with Crippen LogP contribution < -0.4 is 21.1 Å². The highest BCUT2D eigenvalue weighted by molar-refractivity contribution is 6.07. The summed E-state index contributed by atoms with van der Waals surface area (Å²) in [5.41, 5.74) is 6.00. The number of ether oxygens (including phenoxy) is 1. The van der Waals surface area contributed by atoms with Crippen molar-refractivity contribution in [2.75, 3.05) is 13.7 Å². The van der Waals surface area contributed by atoms with E-state index < -0.39 is 17.5 Å². The lowest BCUT2D eigenvalue weighted by molar-refractivity contribution is -0.123. The van der Waals surface area contributed by atoms with Crippen LogP contribution in [0.2, 0.25) is 0 Å². The Morgan fingerprint density at radius 1 is 1.39 bits per heavy atom. The minimum atomic E-state index is -1.19. The van der Waals surface area contributed by atoms with Gasteiger partial charge < -0.3 is 15.8 Å². The molecule has 6 heteroatoms. The van der Waals surface area contributed by atoms with Crippen LogP contribution >= 0.6 is 0 Å². The third-order valence-electron chi connectivity index (χ3n) is 3.14. The van der Waals surface area contributed by atoms with E-state index in [0.29, 0.717) is 5.56 Å². The summed E-state index contributed by atoms with van der Waals surface area (Å²) >= 11 is 0. The van der Waals surface area contributed by atoms with Gasteiger partial charge >= 0.3 is 6.03 Å². The quantitative estimate of drug-likeness (QED) is 0.657. The van der Waals surface area contributed by atoms with E-state index in [4.69, 9.17) is 10.5 Å². The van der Waals surface area contributed by atoms with Crippen LogP contribution in [-0.4, -0.2) is 25.6 Å². The maximum atomic E-state index is 11.9. The van der Waals surface area contributed by atoms with Gasteiger partial charge in [0, 0.05) is 6.54 Å². The molecule has 18 heavy (non-hydrogen) atoms. The van der Waals surface area contributed by atoms with E-state index in [0.717, 1.165) is 11.3 Å². The number of imide groups is 1. The number of amides is 3. The molecule has 1 aromatic carbocycles. The van der Waals surface area contributed by atoms with Crippen LogP contribution in [-0.2, 0) is 10.3 Å². The molecule has 1 heterocycles. The second-order valence-corrected chi connectivity index (χ2v) is 4.20. The number of rotatable bonds is 3. The number of nitrogens with one attached hydrogen (secondary N) is 2. The second kappa shape index (κ2) is 4.30. The van der Waals surface area contributed by atoms with Gasteiger partial charge in [0.1, 0.15) is 5.75 Å². The molecule has 1 aliphatic rings. The molecule has 2 rings (SSSR count). The number of hydrogen-bond donors (Lipinski definition) is 3. The zero-order valence-corrected chi connectivity index (χ0v) is 10.2. The maximum Gasteiger partial charge on any atom is 0.322 e. The van der Waals surface area contributed by atoms with Crippen LogP contribution in [0.1, 0.15) is 11.1 Å². The molecule has 0 spiro atoms. The van der Waals surface area contributed by atoms with Gasteiger partial charge in [-0.1, -0.05) is 6.07 Å². The smallest absolute Gasteiger partial charge is 0.322 e. The number of aryl methyl sites for hydroxylation is 1. The monoisotopic (exact) mass is 249 g/mol. The van der Waals surface area contributed by atoms with E-state index in [2.05, 4.69) is 10.6 Å². The largest absolute Gasteiger partial charge is 0.496 e. The predicted octanol–water partition coefficient (Wildman–Crippen LogP) is -0.00298. The number of nitrogens with two attached hydrogens (primary N) is 1. The van der Waals surface area contributed by atoms with Gasteiger partial charge in [0.05, 0.1) is 7.11 Å².